The van der Waals surface area contributed by atoms with Crippen LogP contribution in [0.5, 0.6) is 0 Å². The predicted molar refractivity (Wildman–Crippen MR) is 73.6 cm³/mol. The zero-order valence-electron chi connectivity index (χ0n) is 11.5. The first-order valence-electron chi connectivity index (χ1n) is 6.52. The van der Waals surface area contributed by atoms with Gasteiger partial charge in [0, 0.05) is 17.5 Å². The number of rotatable bonds is 6. The Morgan fingerprint density at radius 2 is 1.78 bits per heavy atom. The molecule has 1 rings (SSSR count). The SMILES string of the molecule is CCC(CC)(CO)CNC(=O)c1ccc(C)cc1. The number of hydrogen-bond acceptors (Lipinski definition) is 2. The van der Waals surface area contributed by atoms with Crippen LogP contribution < -0.4 is 5.32 Å². The van der Waals surface area contributed by atoms with Gasteiger partial charge >= 0.3 is 0 Å². The summed E-state index contributed by atoms with van der Waals surface area (Å²) in [6.07, 6.45) is 1.71. The molecular formula is C15H23NO2. The maximum atomic E-state index is 12.0. The van der Waals surface area contributed by atoms with Crippen molar-refractivity contribution in [1.29, 1.82) is 0 Å². The molecule has 0 unspecified atom stereocenters. The van der Waals surface area contributed by atoms with E-state index in [1.807, 2.05) is 45.0 Å². The molecule has 0 saturated carbocycles. The van der Waals surface area contributed by atoms with Gasteiger partial charge in [-0.25, -0.2) is 0 Å². The van der Waals surface area contributed by atoms with Crippen molar-refractivity contribution in [3.63, 3.8) is 0 Å². The molecular weight excluding hydrogens is 226 g/mol. The van der Waals surface area contributed by atoms with Gasteiger partial charge in [-0.3, -0.25) is 4.79 Å². The van der Waals surface area contributed by atoms with Gasteiger partial charge in [-0.15, -0.1) is 0 Å². The van der Waals surface area contributed by atoms with Crippen LogP contribution in [0.1, 0.15) is 42.6 Å². The van der Waals surface area contributed by atoms with E-state index in [1.54, 1.807) is 0 Å². The van der Waals surface area contributed by atoms with E-state index in [2.05, 4.69) is 5.32 Å². The standard InChI is InChI=1S/C15H23NO2/c1-4-15(5-2,11-17)10-16-14(18)13-8-6-12(3)7-9-13/h6-9,17H,4-5,10-11H2,1-3H3,(H,16,18). The van der Waals surface area contributed by atoms with Crippen LogP contribution in [0.3, 0.4) is 0 Å². The second kappa shape index (κ2) is 6.55. The van der Waals surface area contributed by atoms with Crippen LogP contribution in [0.4, 0.5) is 0 Å². The van der Waals surface area contributed by atoms with Crippen LogP contribution in [-0.4, -0.2) is 24.2 Å². The van der Waals surface area contributed by atoms with Crippen LogP contribution in [0.25, 0.3) is 0 Å². The molecule has 0 atom stereocenters. The fourth-order valence-electron chi connectivity index (χ4n) is 1.85. The quantitative estimate of drug-likeness (QED) is 0.814. The van der Waals surface area contributed by atoms with Gasteiger partial charge in [-0.2, -0.15) is 0 Å². The third-order valence-corrected chi connectivity index (χ3v) is 3.77. The smallest absolute Gasteiger partial charge is 0.251 e. The summed E-state index contributed by atoms with van der Waals surface area (Å²) < 4.78 is 0. The highest BCUT2D eigenvalue weighted by molar-refractivity contribution is 5.94. The highest BCUT2D eigenvalue weighted by Gasteiger charge is 2.25. The van der Waals surface area contributed by atoms with Gasteiger partial charge in [0.05, 0.1) is 6.61 Å². The maximum Gasteiger partial charge on any atom is 0.251 e. The van der Waals surface area contributed by atoms with E-state index in [0.717, 1.165) is 18.4 Å². The molecule has 0 radical (unpaired) electrons. The molecule has 100 valence electrons. The van der Waals surface area contributed by atoms with Gasteiger partial charge in [0.1, 0.15) is 0 Å². The summed E-state index contributed by atoms with van der Waals surface area (Å²) in [5.41, 5.74) is 1.61. The molecule has 0 spiro atoms. The summed E-state index contributed by atoms with van der Waals surface area (Å²) in [5, 5.41) is 12.4. The first-order valence-corrected chi connectivity index (χ1v) is 6.52. The normalized spacial score (nSPS) is 11.3. The van der Waals surface area contributed by atoms with Crippen molar-refractivity contribution in [1.82, 2.24) is 5.32 Å². The number of carbonyl (C=O) groups excluding carboxylic acids is 1. The zero-order chi connectivity index (χ0) is 13.6. The summed E-state index contributed by atoms with van der Waals surface area (Å²) in [6.45, 7) is 6.69. The Balaban J connectivity index is 2.63. The second-order valence-corrected chi connectivity index (χ2v) is 4.91. The minimum atomic E-state index is -0.194. The van der Waals surface area contributed by atoms with Gasteiger partial charge < -0.3 is 10.4 Å². The average molecular weight is 249 g/mol. The number of carbonyl (C=O) groups is 1. The molecule has 0 aromatic heterocycles. The molecule has 0 heterocycles. The molecule has 2 N–H and O–H groups in total. The maximum absolute atomic E-state index is 12.0. The molecule has 1 aromatic rings. The number of aryl methyl sites for hydroxylation is 1. The van der Waals surface area contributed by atoms with Crippen molar-refractivity contribution in [3.8, 4) is 0 Å². The molecule has 0 fully saturated rings. The number of aliphatic hydroxyl groups excluding tert-OH is 1. The Morgan fingerprint density at radius 3 is 2.22 bits per heavy atom. The minimum absolute atomic E-state index is 0.0743. The Hall–Kier alpha value is -1.35. The minimum Gasteiger partial charge on any atom is -0.396 e. The lowest BCUT2D eigenvalue weighted by Crippen LogP contribution is -2.39. The first kappa shape index (κ1) is 14.7. The van der Waals surface area contributed by atoms with Crippen molar-refractivity contribution < 1.29 is 9.90 Å². The largest absolute Gasteiger partial charge is 0.396 e. The summed E-state index contributed by atoms with van der Waals surface area (Å²) in [7, 11) is 0. The molecule has 1 amide bonds. The van der Waals surface area contributed by atoms with Crippen molar-refractivity contribution in [3.05, 3.63) is 35.4 Å². The van der Waals surface area contributed by atoms with Crippen LogP contribution >= 0.6 is 0 Å². The topological polar surface area (TPSA) is 49.3 Å². The fraction of sp³-hybridized carbons (Fsp3) is 0.533. The van der Waals surface area contributed by atoms with Crippen LogP contribution in [0.15, 0.2) is 24.3 Å². The van der Waals surface area contributed by atoms with Gasteiger partial charge in [0.25, 0.3) is 5.91 Å². The third kappa shape index (κ3) is 3.57. The van der Waals surface area contributed by atoms with E-state index >= 15 is 0 Å². The van der Waals surface area contributed by atoms with Crippen LogP contribution in [0.2, 0.25) is 0 Å². The zero-order valence-corrected chi connectivity index (χ0v) is 11.5. The van der Waals surface area contributed by atoms with Crippen molar-refractivity contribution in [2.75, 3.05) is 13.2 Å². The van der Waals surface area contributed by atoms with E-state index < -0.39 is 0 Å². The highest BCUT2D eigenvalue weighted by atomic mass is 16.3. The molecule has 0 saturated heterocycles. The summed E-state index contributed by atoms with van der Waals surface area (Å²) in [4.78, 5) is 12.0. The summed E-state index contributed by atoms with van der Waals surface area (Å²) >= 11 is 0. The van der Waals surface area contributed by atoms with Crippen LogP contribution in [0, 0.1) is 12.3 Å². The van der Waals surface area contributed by atoms with Crippen molar-refractivity contribution >= 4 is 5.91 Å². The average Bonchev–Trinajstić information content (AvgIpc) is 2.41. The second-order valence-electron chi connectivity index (χ2n) is 4.91. The summed E-state index contributed by atoms with van der Waals surface area (Å²) in [6, 6.07) is 7.49. The number of hydrogen-bond donors (Lipinski definition) is 2. The van der Waals surface area contributed by atoms with E-state index in [0.29, 0.717) is 12.1 Å². The number of aliphatic hydroxyl groups is 1. The summed E-state index contributed by atoms with van der Waals surface area (Å²) in [5.74, 6) is -0.0743. The number of nitrogens with one attached hydrogen (secondary N) is 1. The molecule has 3 nitrogen and oxygen atoms in total. The van der Waals surface area contributed by atoms with E-state index in [4.69, 9.17) is 0 Å². The van der Waals surface area contributed by atoms with E-state index in [1.165, 1.54) is 0 Å². The first-order chi connectivity index (χ1) is 8.56. The van der Waals surface area contributed by atoms with Gasteiger partial charge in [0.15, 0.2) is 0 Å². The molecule has 0 aliphatic rings. The Labute approximate surface area is 109 Å². The number of amides is 1. The van der Waals surface area contributed by atoms with Gasteiger partial charge in [-0.05, 0) is 31.9 Å². The monoisotopic (exact) mass is 249 g/mol. The lowest BCUT2D eigenvalue weighted by atomic mass is 9.83. The van der Waals surface area contributed by atoms with E-state index in [-0.39, 0.29) is 17.9 Å². The third-order valence-electron chi connectivity index (χ3n) is 3.77. The molecule has 18 heavy (non-hydrogen) atoms. The molecule has 3 heteroatoms. The molecule has 1 aromatic carbocycles. The predicted octanol–water partition coefficient (Wildman–Crippen LogP) is 2.52. The van der Waals surface area contributed by atoms with Crippen molar-refractivity contribution in [2.24, 2.45) is 5.41 Å². The fourth-order valence-corrected chi connectivity index (χ4v) is 1.85. The lowest BCUT2D eigenvalue weighted by molar-refractivity contribution is 0.0851. The molecule has 0 aliphatic carbocycles. The molecule has 0 bridgehead atoms. The Kier molecular flexibility index (Phi) is 5.35. The molecule has 0 aliphatic heterocycles. The van der Waals surface area contributed by atoms with Crippen molar-refractivity contribution in [2.45, 2.75) is 33.6 Å². The highest BCUT2D eigenvalue weighted by Crippen LogP contribution is 2.24. The Bertz CT molecular complexity index is 372. The number of benzene rings is 1. The van der Waals surface area contributed by atoms with Gasteiger partial charge in [0.2, 0.25) is 0 Å². The van der Waals surface area contributed by atoms with Gasteiger partial charge in [-0.1, -0.05) is 31.5 Å². The van der Waals surface area contributed by atoms with Crippen LogP contribution in [-0.2, 0) is 0 Å². The Morgan fingerprint density at radius 1 is 1.22 bits per heavy atom. The lowest BCUT2D eigenvalue weighted by Gasteiger charge is -2.29. The van der Waals surface area contributed by atoms with E-state index in [9.17, 15) is 9.90 Å².